The Morgan fingerprint density at radius 2 is 2.04 bits per heavy atom. The van der Waals surface area contributed by atoms with E-state index in [4.69, 9.17) is 16.7 Å². The maximum Gasteiger partial charge on any atom is 0.158 e. The van der Waals surface area contributed by atoms with E-state index in [1.54, 1.807) is 0 Å². The highest BCUT2D eigenvalue weighted by Crippen LogP contribution is 2.41. The lowest BCUT2D eigenvalue weighted by molar-refractivity contribution is 0.736. The summed E-state index contributed by atoms with van der Waals surface area (Å²) in [6.45, 7) is 9.66. The molecule has 3 nitrogen and oxygen atoms in total. The highest BCUT2D eigenvalue weighted by atomic mass is 35.5. The van der Waals surface area contributed by atoms with Crippen LogP contribution in [0.15, 0.2) is 18.2 Å². The monoisotopic (exact) mass is 371 g/mol. The standard InChI is InChI=1S/C22H30ClN3/c1-6-9-17(10-7-2)21-18-11-8-12-26(22(18)24-25(21)5)20-16(4)13-15(3)14-19(20)23/h9,13-14H,6-8,10-12H2,1-5H3/b17-9+. The first-order chi connectivity index (χ1) is 12.5. The summed E-state index contributed by atoms with van der Waals surface area (Å²) < 4.78 is 2.08. The maximum atomic E-state index is 6.66. The fourth-order valence-electron chi connectivity index (χ4n) is 4.22. The number of aryl methyl sites for hydroxylation is 3. The van der Waals surface area contributed by atoms with Gasteiger partial charge in [0.2, 0.25) is 0 Å². The van der Waals surface area contributed by atoms with Crippen LogP contribution < -0.4 is 4.90 Å². The SMILES string of the molecule is CC/C=C(\CCC)c1c2c(nn1C)N(c1c(C)cc(C)cc1Cl)CCC2. The number of aromatic nitrogens is 2. The minimum atomic E-state index is 0.820. The van der Waals surface area contributed by atoms with Gasteiger partial charge in [-0.2, -0.15) is 5.10 Å². The molecule has 140 valence electrons. The van der Waals surface area contributed by atoms with E-state index >= 15 is 0 Å². The summed E-state index contributed by atoms with van der Waals surface area (Å²) >= 11 is 6.66. The topological polar surface area (TPSA) is 21.1 Å². The molecule has 1 aromatic heterocycles. The van der Waals surface area contributed by atoms with Gasteiger partial charge in [-0.05, 0) is 62.3 Å². The number of benzene rings is 1. The van der Waals surface area contributed by atoms with E-state index in [2.05, 4.69) is 62.5 Å². The summed E-state index contributed by atoms with van der Waals surface area (Å²) in [5, 5.41) is 5.76. The number of hydrogen-bond acceptors (Lipinski definition) is 2. The average molecular weight is 372 g/mol. The summed E-state index contributed by atoms with van der Waals surface area (Å²) in [7, 11) is 2.08. The highest BCUT2D eigenvalue weighted by molar-refractivity contribution is 6.33. The summed E-state index contributed by atoms with van der Waals surface area (Å²) in [6, 6.07) is 4.26. The molecule has 26 heavy (non-hydrogen) atoms. The van der Waals surface area contributed by atoms with Crippen LogP contribution in [0.1, 0.15) is 61.9 Å². The number of halogens is 1. The van der Waals surface area contributed by atoms with Crippen molar-refractivity contribution < 1.29 is 0 Å². The molecule has 1 aliphatic rings. The molecule has 0 spiro atoms. The third-order valence-corrected chi connectivity index (χ3v) is 5.42. The van der Waals surface area contributed by atoms with Gasteiger partial charge in [0.1, 0.15) is 0 Å². The van der Waals surface area contributed by atoms with Crippen LogP contribution in [0.5, 0.6) is 0 Å². The Labute approximate surface area is 162 Å². The average Bonchev–Trinajstić information content (AvgIpc) is 2.90. The fraction of sp³-hybridized carbons (Fsp3) is 0.500. The van der Waals surface area contributed by atoms with Crippen LogP contribution in [0.3, 0.4) is 0 Å². The van der Waals surface area contributed by atoms with Gasteiger partial charge in [-0.25, -0.2) is 0 Å². The predicted molar refractivity (Wildman–Crippen MR) is 113 cm³/mol. The van der Waals surface area contributed by atoms with Crippen molar-refractivity contribution >= 4 is 28.7 Å². The fourth-order valence-corrected chi connectivity index (χ4v) is 4.65. The Morgan fingerprint density at radius 1 is 1.27 bits per heavy atom. The Hall–Kier alpha value is -1.74. The molecule has 3 rings (SSSR count). The van der Waals surface area contributed by atoms with Gasteiger partial charge in [-0.3, -0.25) is 4.68 Å². The number of anilines is 2. The van der Waals surface area contributed by atoms with E-state index < -0.39 is 0 Å². The van der Waals surface area contributed by atoms with Gasteiger partial charge in [0.15, 0.2) is 5.82 Å². The minimum absolute atomic E-state index is 0.820. The summed E-state index contributed by atoms with van der Waals surface area (Å²) in [6.07, 6.45) is 7.89. The van der Waals surface area contributed by atoms with E-state index in [9.17, 15) is 0 Å². The molecule has 1 aliphatic heterocycles. The molecule has 2 heterocycles. The van der Waals surface area contributed by atoms with Crippen LogP contribution in [-0.4, -0.2) is 16.3 Å². The summed E-state index contributed by atoms with van der Waals surface area (Å²) in [5.74, 6) is 1.08. The van der Waals surface area contributed by atoms with E-state index in [0.717, 1.165) is 55.2 Å². The molecule has 1 aromatic carbocycles. The molecule has 0 unspecified atom stereocenters. The zero-order chi connectivity index (χ0) is 18.8. The van der Waals surface area contributed by atoms with Gasteiger partial charge in [-0.1, -0.05) is 44.0 Å². The second-order valence-corrected chi connectivity index (χ2v) is 7.74. The van der Waals surface area contributed by atoms with Crippen molar-refractivity contribution in [3.63, 3.8) is 0 Å². The molecule has 0 N–H and O–H groups in total. The lowest BCUT2D eigenvalue weighted by Gasteiger charge is -2.30. The molecular formula is C22H30ClN3. The lowest BCUT2D eigenvalue weighted by Crippen LogP contribution is -2.25. The van der Waals surface area contributed by atoms with Crippen LogP contribution >= 0.6 is 11.6 Å². The normalized spacial score (nSPS) is 14.7. The summed E-state index contributed by atoms with van der Waals surface area (Å²) in [5.41, 5.74) is 7.65. The molecule has 0 bridgehead atoms. The maximum absolute atomic E-state index is 6.66. The molecule has 0 aliphatic carbocycles. The number of hydrogen-bond donors (Lipinski definition) is 0. The smallest absolute Gasteiger partial charge is 0.158 e. The van der Waals surface area contributed by atoms with Crippen molar-refractivity contribution in [2.75, 3.05) is 11.4 Å². The van der Waals surface area contributed by atoms with Crippen molar-refractivity contribution in [2.45, 2.75) is 59.8 Å². The zero-order valence-electron chi connectivity index (χ0n) is 16.7. The van der Waals surface area contributed by atoms with Gasteiger partial charge in [0.25, 0.3) is 0 Å². The van der Waals surface area contributed by atoms with Crippen LogP contribution in [0.2, 0.25) is 5.02 Å². The molecule has 0 atom stereocenters. The number of fused-ring (bicyclic) bond motifs is 1. The van der Waals surface area contributed by atoms with Crippen LogP contribution in [0.4, 0.5) is 11.5 Å². The number of nitrogens with zero attached hydrogens (tertiary/aromatic N) is 3. The molecular weight excluding hydrogens is 342 g/mol. The van der Waals surface area contributed by atoms with E-state index in [1.165, 1.54) is 28.0 Å². The zero-order valence-corrected chi connectivity index (χ0v) is 17.5. The quantitative estimate of drug-likeness (QED) is 0.609. The molecule has 4 heteroatoms. The van der Waals surface area contributed by atoms with Crippen molar-refractivity contribution in [1.29, 1.82) is 0 Å². The molecule has 0 amide bonds. The minimum Gasteiger partial charge on any atom is -0.323 e. The Bertz CT molecular complexity index is 809. The van der Waals surface area contributed by atoms with Crippen molar-refractivity contribution in [3.05, 3.63) is 45.6 Å². The third kappa shape index (κ3) is 3.42. The molecule has 0 saturated heterocycles. The van der Waals surface area contributed by atoms with Crippen molar-refractivity contribution in [2.24, 2.45) is 7.05 Å². The van der Waals surface area contributed by atoms with Crippen LogP contribution in [0, 0.1) is 13.8 Å². The van der Waals surface area contributed by atoms with Gasteiger partial charge < -0.3 is 4.90 Å². The van der Waals surface area contributed by atoms with Crippen molar-refractivity contribution in [3.8, 4) is 0 Å². The molecule has 0 fully saturated rings. The largest absolute Gasteiger partial charge is 0.323 e. The molecule has 2 aromatic rings. The highest BCUT2D eigenvalue weighted by Gasteiger charge is 2.28. The van der Waals surface area contributed by atoms with Crippen LogP contribution in [-0.2, 0) is 13.5 Å². The van der Waals surface area contributed by atoms with Gasteiger partial charge >= 0.3 is 0 Å². The second-order valence-electron chi connectivity index (χ2n) is 7.33. The summed E-state index contributed by atoms with van der Waals surface area (Å²) in [4.78, 5) is 2.33. The van der Waals surface area contributed by atoms with E-state index in [1.807, 2.05) is 0 Å². The van der Waals surface area contributed by atoms with Gasteiger partial charge in [0.05, 0.1) is 16.4 Å². The van der Waals surface area contributed by atoms with E-state index in [0.29, 0.717) is 0 Å². The lowest BCUT2D eigenvalue weighted by atomic mass is 9.96. The van der Waals surface area contributed by atoms with Gasteiger partial charge in [-0.15, -0.1) is 0 Å². The Kier molecular flexibility index (Phi) is 5.76. The first kappa shape index (κ1) is 19.0. The first-order valence-corrected chi connectivity index (χ1v) is 10.1. The molecule has 0 radical (unpaired) electrons. The molecule has 0 saturated carbocycles. The Morgan fingerprint density at radius 3 is 2.69 bits per heavy atom. The third-order valence-electron chi connectivity index (χ3n) is 5.13. The predicted octanol–water partition coefficient (Wildman–Crippen LogP) is 6.37. The number of rotatable bonds is 5. The number of allylic oxidation sites excluding steroid dienone is 2. The van der Waals surface area contributed by atoms with Crippen molar-refractivity contribution in [1.82, 2.24) is 9.78 Å². The van der Waals surface area contributed by atoms with E-state index in [-0.39, 0.29) is 0 Å². The van der Waals surface area contributed by atoms with Crippen LogP contribution in [0.25, 0.3) is 5.57 Å². The second kappa shape index (κ2) is 7.87. The van der Waals surface area contributed by atoms with Gasteiger partial charge in [0, 0.05) is 19.2 Å². The first-order valence-electron chi connectivity index (χ1n) is 9.77. The Balaban J connectivity index is 2.13.